The quantitative estimate of drug-likeness (QED) is 0.799. The van der Waals surface area contributed by atoms with Gasteiger partial charge in [-0.15, -0.1) is 0 Å². The fourth-order valence-corrected chi connectivity index (χ4v) is 1.65. The van der Waals surface area contributed by atoms with Gasteiger partial charge in [0, 0.05) is 0 Å². The monoisotopic (exact) mass is 233 g/mol. The highest BCUT2D eigenvalue weighted by atomic mass is 35.5. The summed E-state index contributed by atoms with van der Waals surface area (Å²) < 4.78 is 30.0. The Balaban J connectivity index is 2.71. The molecular weight excluding hydrogens is 228 g/mol. The fourth-order valence-electron chi connectivity index (χ4n) is 1.38. The summed E-state index contributed by atoms with van der Waals surface area (Å²) in [4.78, 5) is 11.2. The number of nitrogens with zero attached hydrogens (tertiary/aromatic N) is 1. The van der Waals surface area contributed by atoms with Crippen molar-refractivity contribution in [2.45, 2.75) is 13.0 Å². The summed E-state index contributed by atoms with van der Waals surface area (Å²) in [5.74, 6) is -0.821. The molecule has 0 bridgehead atoms. The number of benzene rings is 1. The van der Waals surface area contributed by atoms with Crippen LogP contribution in [-0.2, 0) is 6.54 Å². The molecule has 80 valence electrons. The lowest BCUT2D eigenvalue weighted by atomic mass is 10.3. The largest absolute Gasteiger partial charge is 0.420 e. The molecule has 0 atom stereocenters. The van der Waals surface area contributed by atoms with E-state index in [4.69, 9.17) is 16.0 Å². The van der Waals surface area contributed by atoms with Gasteiger partial charge in [-0.2, -0.15) is 0 Å². The van der Waals surface area contributed by atoms with Gasteiger partial charge < -0.3 is 4.42 Å². The predicted octanol–water partition coefficient (Wildman–Crippen LogP) is 2.51. The van der Waals surface area contributed by atoms with E-state index in [1.54, 1.807) is 6.07 Å². The van der Waals surface area contributed by atoms with Crippen molar-refractivity contribution in [1.29, 1.82) is 0 Å². The number of halogens is 3. The van der Waals surface area contributed by atoms with Gasteiger partial charge in [0.1, 0.15) is 5.52 Å². The maximum absolute atomic E-state index is 12.2. The van der Waals surface area contributed by atoms with Crippen LogP contribution in [0.2, 0.25) is 5.02 Å². The minimum absolute atomic E-state index is 0.212. The van der Waals surface area contributed by atoms with Crippen molar-refractivity contribution in [1.82, 2.24) is 4.57 Å². The molecule has 0 fully saturated rings. The minimum Gasteiger partial charge on any atom is -0.408 e. The van der Waals surface area contributed by atoms with Crippen LogP contribution in [0.1, 0.15) is 0 Å². The SMILES string of the molecule is O=c1oc2cccc(Cl)c2n1CC(F)F. The minimum atomic E-state index is -2.63. The number of fused-ring (bicyclic) bond motifs is 1. The number of hydrogen-bond acceptors (Lipinski definition) is 2. The molecule has 0 saturated carbocycles. The van der Waals surface area contributed by atoms with E-state index in [2.05, 4.69) is 0 Å². The molecule has 0 aliphatic carbocycles. The molecule has 1 heterocycles. The normalized spacial score (nSPS) is 11.5. The Hall–Kier alpha value is -1.36. The molecule has 1 aromatic carbocycles. The van der Waals surface area contributed by atoms with Gasteiger partial charge in [-0.3, -0.25) is 4.57 Å². The second kappa shape index (κ2) is 3.66. The van der Waals surface area contributed by atoms with Gasteiger partial charge >= 0.3 is 5.76 Å². The van der Waals surface area contributed by atoms with Crippen LogP contribution in [-0.4, -0.2) is 11.0 Å². The summed E-state index contributed by atoms with van der Waals surface area (Å²) in [6.45, 7) is -0.713. The highest BCUT2D eigenvalue weighted by Gasteiger charge is 2.15. The topological polar surface area (TPSA) is 35.1 Å². The maximum atomic E-state index is 12.2. The Morgan fingerprint density at radius 1 is 1.47 bits per heavy atom. The van der Waals surface area contributed by atoms with Crippen molar-refractivity contribution < 1.29 is 13.2 Å². The number of rotatable bonds is 2. The fraction of sp³-hybridized carbons (Fsp3) is 0.222. The maximum Gasteiger partial charge on any atom is 0.420 e. The van der Waals surface area contributed by atoms with Gasteiger partial charge in [0.05, 0.1) is 11.6 Å². The van der Waals surface area contributed by atoms with E-state index in [0.717, 1.165) is 4.57 Å². The van der Waals surface area contributed by atoms with E-state index in [-0.39, 0.29) is 16.1 Å². The van der Waals surface area contributed by atoms with Crippen LogP contribution < -0.4 is 5.76 Å². The molecule has 0 saturated heterocycles. The Morgan fingerprint density at radius 2 is 2.20 bits per heavy atom. The van der Waals surface area contributed by atoms with E-state index >= 15 is 0 Å². The van der Waals surface area contributed by atoms with E-state index in [1.165, 1.54) is 12.1 Å². The zero-order chi connectivity index (χ0) is 11.0. The van der Waals surface area contributed by atoms with Crippen LogP contribution in [0.4, 0.5) is 8.78 Å². The Morgan fingerprint density at radius 3 is 2.87 bits per heavy atom. The summed E-state index contributed by atoms with van der Waals surface area (Å²) in [5, 5.41) is 0.221. The number of alkyl halides is 2. The Bertz CT molecular complexity index is 547. The molecule has 2 aromatic rings. The van der Waals surface area contributed by atoms with Crippen LogP contribution in [0, 0.1) is 0 Å². The molecule has 2 rings (SSSR count). The van der Waals surface area contributed by atoms with Crippen molar-refractivity contribution in [3.05, 3.63) is 33.8 Å². The highest BCUT2D eigenvalue weighted by Crippen LogP contribution is 2.22. The van der Waals surface area contributed by atoms with Crippen LogP contribution in [0.5, 0.6) is 0 Å². The molecule has 0 aliphatic rings. The lowest BCUT2D eigenvalue weighted by Crippen LogP contribution is -2.18. The number of para-hydroxylation sites is 1. The van der Waals surface area contributed by atoms with Crippen molar-refractivity contribution >= 4 is 22.7 Å². The molecular formula is C9H6ClF2NO2. The third-order valence-electron chi connectivity index (χ3n) is 1.96. The van der Waals surface area contributed by atoms with Crippen molar-refractivity contribution in [3.63, 3.8) is 0 Å². The third-order valence-corrected chi connectivity index (χ3v) is 2.26. The first-order valence-corrected chi connectivity index (χ1v) is 4.53. The summed E-state index contributed by atoms with van der Waals surface area (Å²) in [5.41, 5.74) is 0.428. The number of hydrogen-bond donors (Lipinski definition) is 0. The average molecular weight is 234 g/mol. The van der Waals surface area contributed by atoms with E-state index < -0.39 is 18.7 Å². The second-order valence-corrected chi connectivity index (χ2v) is 3.36. The molecule has 0 spiro atoms. The van der Waals surface area contributed by atoms with Crippen LogP contribution in [0.3, 0.4) is 0 Å². The summed E-state index contributed by atoms with van der Waals surface area (Å²) >= 11 is 5.79. The van der Waals surface area contributed by atoms with Crippen LogP contribution in [0.25, 0.3) is 11.1 Å². The molecule has 0 amide bonds. The summed E-state index contributed by atoms with van der Waals surface area (Å²) in [6, 6.07) is 4.60. The van der Waals surface area contributed by atoms with E-state index in [0.29, 0.717) is 0 Å². The predicted molar refractivity (Wildman–Crippen MR) is 51.5 cm³/mol. The lowest BCUT2D eigenvalue weighted by molar-refractivity contribution is 0.125. The van der Waals surface area contributed by atoms with Gasteiger partial charge in [0.15, 0.2) is 5.58 Å². The Kier molecular flexibility index (Phi) is 2.48. The van der Waals surface area contributed by atoms with Crippen molar-refractivity contribution in [2.75, 3.05) is 0 Å². The number of aromatic nitrogens is 1. The first-order chi connectivity index (χ1) is 7.09. The Labute approximate surface area is 87.9 Å². The highest BCUT2D eigenvalue weighted by molar-refractivity contribution is 6.34. The molecule has 1 aromatic heterocycles. The zero-order valence-electron chi connectivity index (χ0n) is 7.41. The molecule has 0 unspecified atom stereocenters. The third kappa shape index (κ3) is 1.74. The number of oxazole rings is 1. The van der Waals surface area contributed by atoms with Gasteiger partial charge in [-0.05, 0) is 12.1 Å². The zero-order valence-corrected chi connectivity index (χ0v) is 8.17. The summed E-state index contributed by atoms with van der Waals surface area (Å²) in [7, 11) is 0. The first-order valence-electron chi connectivity index (χ1n) is 4.15. The lowest BCUT2D eigenvalue weighted by Gasteiger charge is -2.01. The van der Waals surface area contributed by atoms with Gasteiger partial charge in [0.2, 0.25) is 0 Å². The van der Waals surface area contributed by atoms with E-state index in [9.17, 15) is 13.6 Å². The molecule has 6 heteroatoms. The van der Waals surface area contributed by atoms with Crippen LogP contribution in [0.15, 0.2) is 27.4 Å². The van der Waals surface area contributed by atoms with Gasteiger partial charge in [-0.25, -0.2) is 13.6 Å². The first kappa shape index (κ1) is 10.2. The average Bonchev–Trinajstić information content (AvgIpc) is 2.43. The van der Waals surface area contributed by atoms with E-state index in [1.807, 2.05) is 0 Å². The van der Waals surface area contributed by atoms with Gasteiger partial charge in [-0.1, -0.05) is 17.7 Å². The standard InChI is InChI=1S/C9H6ClF2NO2/c10-5-2-1-3-6-8(5)13(4-7(11)12)9(14)15-6/h1-3,7H,4H2. The molecule has 15 heavy (non-hydrogen) atoms. The van der Waals surface area contributed by atoms with Crippen molar-refractivity contribution in [3.8, 4) is 0 Å². The molecule has 3 nitrogen and oxygen atoms in total. The van der Waals surface area contributed by atoms with Crippen molar-refractivity contribution in [2.24, 2.45) is 0 Å². The smallest absolute Gasteiger partial charge is 0.408 e. The molecule has 0 aliphatic heterocycles. The second-order valence-electron chi connectivity index (χ2n) is 2.96. The van der Waals surface area contributed by atoms with Crippen LogP contribution >= 0.6 is 11.6 Å². The molecule has 0 N–H and O–H groups in total. The van der Waals surface area contributed by atoms with Gasteiger partial charge in [0.25, 0.3) is 6.43 Å². The molecule has 0 radical (unpaired) electrons. The summed E-state index contributed by atoms with van der Waals surface area (Å²) in [6.07, 6.45) is -2.63.